The molecule has 0 aliphatic carbocycles. The molecule has 1 heterocycles. The largest absolute Gasteiger partial charge is 0.394 e. The zero-order valence-electron chi connectivity index (χ0n) is 6.87. The third-order valence-electron chi connectivity index (χ3n) is 2.06. The summed E-state index contributed by atoms with van der Waals surface area (Å²) in [5, 5.41) is 36.5. The van der Waals surface area contributed by atoms with Gasteiger partial charge in [0.1, 0.15) is 30.6 Å². The first-order chi connectivity index (χ1) is 6.11. The van der Waals surface area contributed by atoms with E-state index in [0.29, 0.717) is 0 Å². The van der Waals surface area contributed by atoms with Gasteiger partial charge in [0.05, 0.1) is 6.61 Å². The lowest BCUT2D eigenvalue weighted by Crippen LogP contribution is -2.63. The van der Waals surface area contributed by atoms with Crippen molar-refractivity contribution < 1.29 is 25.2 Å². The molecule has 0 amide bonds. The molecule has 1 aliphatic heterocycles. The van der Waals surface area contributed by atoms with Gasteiger partial charge in [-0.05, 0) is 0 Å². The molecule has 0 aromatic rings. The normalized spacial score (nSPS) is 46.4. The van der Waals surface area contributed by atoms with Crippen molar-refractivity contribution >= 4 is 0 Å². The van der Waals surface area contributed by atoms with Crippen LogP contribution in [0.15, 0.2) is 0 Å². The monoisotopic (exact) mass is 194 g/mol. The van der Waals surface area contributed by atoms with Crippen molar-refractivity contribution in [1.82, 2.24) is 5.43 Å². The molecular weight excluding hydrogens is 180 g/mol. The lowest BCUT2D eigenvalue weighted by Gasteiger charge is -2.39. The summed E-state index contributed by atoms with van der Waals surface area (Å²) in [5.41, 5.74) is 2.11. The van der Waals surface area contributed by atoms with E-state index < -0.39 is 37.3 Å². The summed E-state index contributed by atoms with van der Waals surface area (Å²) >= 11 is 0. The van der Waals surface area contributed by atoms with Crippen LogP contribution in [0, 0.1) is 0 Å². The number of hydrogen-bond donors (Lipinski definition) is 6. The fourth-order valence-corrected chi connectivity index (χ4v) is 1.24. The molecule has 1 rings (SSSR count). The summed E-state index contributed by atoms with van der Waals surface area (Å²) in [4.78, 5) is 0. The first-order valence-corrected chi connectivity index (χ1v) is 3.88. The summed E-state index contributed by atoms with van der Waals surface area (Å²) in [5.74, 6) is 5.01. The third kappa shape index (κ3) is 1.97. The maximum Gasteiger partial charge on any atom is 0.149 e. The number of aliphatic hydroxyl groups is 4. The number of ether oxygens (including phenoxy) is 1. The Kier molecular flexibility index (Phi) is 3.56. The fraction of sp³-hybridized carbons (Fsp3) is 1.00. The summed E-state index contributed by atoms with van der Waals surface area (Å²) in [6, 6.07) is 0. The average molecular weight is 194 g/mol. The average Bonchev–Trinajstić information content (AvgIpc) is 2.15. The topological polar surface area (TPSA) is 128 Å². The number of nitrogens with two attached hydrogens (primary N) is 1. The maximum atomic E-state index is 9.26. The van der Waals surface area contributed by atoms with Crippen LogP contribution in [0.4, 0.5) is 0 Å². The zero-order chi connectivity index (χ0) is 10.0. The molecule has 7 nitrogen and oxygen atoms in total. The molecule has 0 radical (unpaired) electrons. The molecule has 0 bridgehead atoms. The van der Waals surface area contributed by atoms with Crippen molar-refractivity contribution in [2.24, 2.45) is 5.84 Å². The summed E-state index contributed by atoms with van der Waals surface area (Å²) in [6.45, 7) is -0.455. The molecule has 1 fully saturated rings. The number of hydrazine groups is 1. The molecule has 0 spiro atoms. The minimum atomic E-state index is -1.38. The highest BCUT2D eigenvalue weighted by molar-refractivity contribution is 4.90. The van der Waals surface area contributed by atoms with E-state index in [9.17, 15) is 15.3 Å². The first-order valence-electron chi connectivity index (χ1n) is 3.88. The third-order valence-corrected chi connectivity index (χ3v) is 2.06. The van der Waals surface area contributed by atoms with Crippen molar-refractivity contribution in [2.45, 2.75) is 30.6 Å². The van der Waals surface area contributed by atoms with Gasteiger partial charge >= 0.3 is 0 Å². The fourth-order valence-electron chi connectivity index (χ4n) is 1.24. The van der Waals surface area contributed by atoms with Gasteiger partial charge in [-0.25, -0.2) is 5.43 Å². The molecule has 78 valence electrons. The van der Waals surface area contributed by atoms with Gasteiger partial charge in [0.25, 0.3) is 0 Å². The smallest absolute Gasteiger partial charge is 0.149 e. The van der Waals surface area contributed by atoms with Crippen LogP contribution in [-0.2, 0) is 4.74 Å². The van der Waals surface area contributed by atoms with Crippen LogP contribution in [0.1, 0.15) is 0 Å². The Bertz CT molecular complexity index is 149. The summed E-state index contributed by atoms with van der Waals surface area (Å²) in [7, 11) is 0. The van der Waals surface area contributed by atoms with Gasteiger partial charge in [0, 0.05) is 0 Å². The van der Waals surface area contributed by atoms with E-state index in [2.05, 4.69) is 5.43 Å². The van der Waals surface area contributed by atoms with E-state index in [-0.39, 0.29) is 0 Å². The van der Waals surface area contributed by atoms with Crippen LogP contribution in [0.5, 0.6) is 0 Å². The number of nitrogens with one attached hydrogen (secondary N) is 1. The van der Waals surface area contributed by atoms with Crippen LogP contribution in [0.2, 0.25) is 0 Å². The van der Waals surface area contributed by atoms with Gasteiger partial charge < -0.3 is 25.2 Å². The van der Waals surface area contributed by atoms with Crippen LogP contribution < -0.4 is 11.3 Å². The molecule has 1 aliphatic rings. The van der Waals surface area contributed by atoms with Gasteiger partial charge in [-0.15, -0.1) is 0 Å². The molecule has 0 unspecified atom stereocenters. The highest BCUT2D eigenvalue weighted by Crippen LogP contribution is 2.18. The zero-order valence-corrected chi connectivity index (χ0v) is 6.87. The van der Waals surface area contributed by atoms with E-state index in [1.807, 2.05) is 0 Å². The number of hydrogen-bond acceptors (Lipinski definition) is 7. The molecule has 7 heteroatoms. The second-order valence-corrected chi connectivity index (χ2v) is 2.92. The Balaban J connectivity index is 2.66. The lowest BCUT2D eigenvalue weighted by molar-refractivity contribution is -0.236. The van der Waals surface area contributed by atoms with Crippen molar-refractivity contribution in [2.75, 3.05) is 6.61 Å². The molecule has 0 aromatic heterocycles. The number of rotatable bonds is 2. The summed E-state index contributed by atoms with van der Waals surface area (Å²) < 4.78 is 4.93. The molecule has 0 saturated carbocycles. The second kappa shape index (κ2) is 4.29. The predicted octanol–water partition coefficient (Wildman–Crippen LogP) is -3.75. The minimum Gasteiger partial charge on any atom is -0.394 e. The maximum absolute atomic E-state index is 9.26. The van der Waals surface area contributed by atoms with Gasteiger partial charge in [0.2, 0.25) is 0 Å². The Morgan fingerprint density at radius 1 is 1.15 bits per heavy atom. The minimum absolute atomic E-state index is 0.455. The van der Waals surface area contributed by atoms with E-state index in [1.165, 1.54) is 0 Å². The second-order valence-electron chi connectivity index (χ2n) is 2.92. The standard InChI is InChI=1S/C6H14N2O5/c7-8-6-5(12)4(11)3(10)2(1-9)13-6/h2-6,8-12H,1,7H2/t2-,3+,4+,5-,6-/m1/s1. The quantitative estimate of drug-likeness (QED) is 0.197. The van der Waals surface area contributed by atoms with Crippen molar-refractivity contribution in [3.8, 4) is 0 Å². The molecule has 0 aromatic carbocycles. The lowest BCUT2D eigenvalue weighted by atomic mass is 9.99. The van der Waals surface area contributed by atoms with Crippen molar-refractivity contribution in [3.05, 3.63) is 0 Å². The molecule has 7 N–H and O–H groups in total. The highest BCUT2D eigenvalue weighted by atomic mass is 16.6. The first kappa shape index (κ1) is 10.8. The molecular formula is C6H14N2O5. The Morgan fingerprint density at radius 2 is 1.77 bits per heavy atom. The van der Waals surface area contributed by atoms with Gasteiger partial charge in [-0.3, -0.25) is 5.84 Å². The van der Waals surface area contributed by atoms with Gasteiger partial charge in [0.15, 0.2) is 0 Å². The van der Waals surface area contributed by atoms with Crippen LogP contribution >= 0.6 is 0 Å². The van der Waals surface area contributed by atoms with Gasteiger partial charge in [-0.2, -0.15) is 0 Å². The Morgan fingerprint density at radius 3 is 2.23 bits per heavy atom. The molecule has 5 atom stereocenters. The van der Waals surface area contributed by atoms with Crippen LogP contribution in [-0.4, -0.2) is 57.7 Å². The van der Waals surface area contributed by atoms with E-state index in [0.717, 1.165) is 0 Å². The Hall–Kier alpha value is -0.280. The van der Waals surface area contributed by atoms with Crippen LogP contribution in [0.25, 0.3) is 0 Å². The van der Waals surface area contributed by atoms with Crippen molar-refractivity contribution in [1.29, 1.82) is 0 Å². The van der Waals surface area contributed by atoms with E-state index in [4.69, 9.17) is 15.7 Å². The van der Waals surface area contributed by atoms with Crippen molar-refractivity contribution in [3.63, 3.8) is 0 Å². The van der Waals surface area contributed by atoms with Gasteiger partial charge in [-0.1, -0.05) is 0 Å². The molecule has 1 saturated heterocycles. The van der Waals surface area contributed by atoms with Crippen LogP contribution in [0.3, 0.4) is 0 Å². The highest BCUT2D eigenvalue weighted by Gasteiger charge is 2.42. The van der Waals surface area contributed by atoms with E-state index >= 15 is 0 Å². The Labute approximate surface area is 74.7 Å². The SMILES string of the molecule is NN[C@@H]1O[C@H](CO)[C@H](O)[C@H](O)[C@H]1O. The predicted molar refractivity (Wildman–Crippen MR) is 41.1 cm³/mol. The number of aliphatic hydroxyl groups excluding tert-OH is 4. The van der Waals surface area contributed by atoms with E-state index in [1.54, 1.807) is 0 Å². The summed E-state index contributed by atoms with van der Waals surface area (Å²) in [6.07, 6.45) is -5.95. The molecule has 13 heavy (non-hydrogen) atoms.